The zero-order chi connectivity index (χ0) is 13.1. The van der Waals surface area contributed by atoms with Crippen LogP contribution in [-0.4, -0.2) is 16.1 Å². The molecule has 0 unspecified atom stereocenters. The Balaban J connectivity index is 2.22. The highest BCUT2D eigenvalue weighted by Gasteiger charge is 2.13. The van der Waals surface area contributed by atoms with Crippen molar-refractivity contribution in [2.75, 3.05) is 5.32 Å². The Morgan fingerprint density at radius 3 is 2.72 bits per heavy atom. The number of amides is 1. The number of anilines is 1. The molecule has 92 valence electrons. The van der Waals surface area contributed by atoms with E-state index in [0.717, 1.165) is 0 Å². The highest BCUT2D eigenvalue weighted by atomic mass is 79.9. The summed E-state index contributed by atoms with van der Waals surface area (Å²) in [6.45, 7) is 0. The van der Waals surface area contributed by atoms with Crippen LogP contribution in [0.15, 0.2) is 34.8 Å². The van der Waals surface area contributed by atoms with Gasteiger partial charge in [0.2, 0.25) is 0 Å². The predicted octanol–water partition coefficient (Wildman–Crippen LogP) is 3.28. The summed E-state index contributed by atoms with van der Waals surface area (Å²) < 4.78 is 13.4. The number of hydrogen-bond donors (Lipinski definition) is 1. The summed E-state index contributed by atoms with van der Waals surface area (Å²) in [5.74, 6) is -0.761. The van der Waals surface area contributed by atoms with Crippen LogP contribution in [0.3, 0.4) is 0 Å². The second kappa shape index (κ2) is 5.41. The molecule has 4 nitrogen and oxygen atoms in total. The molecule has 2 rings (SSSR count). The lowest BCUT2D eigenvalue weighted by Crippen LogP contribution is -2.14. The van der Waals surface area contributed by atoms with Gasteiger partial charge < -0.3 is 5.32 Å². The van der Waals surface area contributed by atoms with E-state index in [2.05, 4.69) is 31.4 Å². The number of nitrogens with one attached hydrogen (secondary N) is 1. The SMILES string of the molecule is O=C(Nc1ccc(Cl)nn1)c1cccc(F)c1Br. The van der Waals surface area contributed by atoms with Crippen molar-refractivity contribution in [3.05, 3.63) is 51.3 Å². The van der Waals surface area contributed by atoms with Gasteiger partial charge in [0.05, 0.1) is 10.0 Å². The summed E-state index contributed by atoms with van der Waals surface area (Å²) >= 11 is 8.58. The molecule has 1 aromatic carbocycles. The molecular formula is C11H6BrClFN3O. The van der Waals surface area contributed by atoms with Crippen LogP contribution in [0, 0.1) is 5.82 Å². The molecule has 0 aliphatic rings. The van der Waals surface area contributed by atoms with Crippen molar-refractivity contribution in [1.82, 2.24) is 10.2 Å². The van der Waals surface area contributed by atoms with Crippen LogP contribution in [0.25, 0.3) is 0 Å². The fourth-order valence-electron chi connectivity index (χ4n) is 1.25. The minimum Gasteiger partial charge on any atom is -0.305 e. The Kier molecular flexibility index (Phi) is 3.88. The third-order valence-electron chi connectivity index (χ3n) is 2.07. The van der Waals surface area contributed by atoms with Crippen LogP contribution in [0.5, 0.6) is 0 Å². The van der Waals surface area contributed by atoms with Crippen molar-refractivity contribution in [2.45, 2.75) is 0 Å². The number of nitrogens with zero attached hydrogens (tertiary/aromatic N) is 2. The summed E-state index contributed by atoms with van der Waals surface area (Å²) in [6.07, 6.45) is 0. The molecular weight excluding hydrogens is 324 g/mol. The summed E-state index contributed by atoms with van der Waals surface area (Å²) in [6, 6.07) is 7.18. The quantitative estimate of drug-likeness (QED) is 0.919. The fraction of sp³-hybridized carbons (Fsp3) is 0. The Hall–Kier alpha value is -1.53. The van der Waals surface area contributed by atoms with Gasteiger partial charge in [-0.3, -0.25) is 4.79 Å². The molecule has 1 heterocycles. The molecule has 0 aliphatic carbocycles. The lowest BCUT2D eigenvalue weighted by molar-refractivity contribution is 0.102. The van der Waals surface area contributed by atoms with Gasteiger partial charge in [-0.1, -0.05) is 17.7 Å². The van der Waals surface area contributed by atoms with Gasteiger partial charge in [-0.25, -0.2) is 4.39 Å². The molecule has 0 radical (unpaired) electrons. The smallest absolute Gasteiger partial charge is 0.258 e. The van der Waals surface area contributed by atoms with E-state index in [1.165, 1.54) is 30.3 Å². The van der Waals surface area contributed by atoms with E-state index in [0.29, 0.717) is 0 Å². The maximum atomic E-state index is 13.3. The summed E-state index contributed by atoms with van der Waals surface area (Å²) in [4.78, 5) is 11.9. The van der Waals surface area contributed by atoms with E-state index < -0.39 is 11.7 Å². The number of halogens is 3. The van der Waals surface area contributed by atoms with E-state index in [9.17, 15) is 9.18 Å². The van der Waals surface area contributed by atoms with Gasteiger partial charge in [-0.05, 0) is 40.2 Å². The minimum atomic E-state index is -0.509. The number of rotatable bonds is 2. The monoisotopic (exact) mass is 329 g/mol. The van der Waals surface area contributed by atoms with Crippen LogP contribution >= 0.6 is 27.5 Å². The van der Waals surface area contributed by atoms with E-state index in [1.807, 2.05) is 0 Å². The first-order valence-electron chi connectivity index (χ1n) is 4.82. The number of carbonyl (C=O) groups is 1. The average Bonchev–Trinajstić information content (AvgIpc) is 2.35. The number of aromatic nitrogens is 2. The zero-order valence-electron chi connectivity index (χ0n) is 8.82. The number of hydrogen-bond acceptors (Lipinski definition) is 3. The molecule has 1 amide bonds. The van der Waals surface area contributed by atoms with Gasteiger partial charge in [0, 0.05) is 0 Å². The Morgan fingerprint density at radius 2 is 2.06 bits per heavy atom. The van der Waals surface area contributed by atoms with Crippen LogP contribution in [0.4, 0.5) is 10.2 Å². The zero-order valence-corrected chi connectivity index (χ0v) is 11.2. The second-order valence-electron chi connectivity index (χ2n) is 3.30. The van der Waals surface area contributed by atoms with Gasteiger partial charge >= 0.3 is 0 Å². The van der Waals surface area contributed by atoms with Gasteiger partial charge in [0.1, 0.15) is 5.82 Å². The van der Waals surface area contributed by atoms with E-state index in [1.54, 1.807) is 0 Å². The third-order valence-corrected chi connectivity index (χ3v) is 3.08. The molecule has 7 heteroatoms. The van der Waals surface area contributed by atoms with Crippen molar-refractivity contribution in [1.29, 1.82) is 0 Å². The first-order chi connectivity index (χ1) is 8.58. The Bertz CT molecular complexity index is 591. The van der Waals surface area contributed by atoms with Gasteiger partial charge in [0.15, 0.2) is 11.0 Å². The summed E-state index contributed by atoms with van der Waals surface area (Å²) in [7, 11) is 0. The van der Waals surface area contributed by atoms with E-state index in [4.69, 9.17) is 11.6 Å². The van der Waals surface area contributed by atoms with Crippen LogP contribution in [0.2, 0.25) is 5.15 Å². The molecule has 18 heavy (non-hydrogen) atoms. The van der Waals surface area contributed by atoms with Crippen molar-refractivity contribution < 1.29 is 9.18 Å². The van der Waals surface area contributed by atoms with Gasteiger partial charge in [0.25, 0.3) is 5.91 Å². The summed E-state index contributed by atoms with van der Waals surface area (Å²) in [5, 5.41) is 9.96. The van der Waals surface area contributed by atoms with Crippen molar-refractivity contribution in [2.24, 2.45) is 0 Å². The van der Waals surface area contributed by atoms with Crippen LogP contribution < -0.4 is 5.32 Å². The fourth-order valence-corrected chi connectivity index (χ4v) is 1.79. The van der Waals surface area contributed by atoms with Crippen LogP contribution in [0.1, 0.15) is 10.4 Å². The molecule has 2 aromatic rings. The first-order valence-corrected chi connectivity index (χ1v) is 5.99. The van der Waals surface area contributed by atoms with Gasteiger partial charge in [-0.15, -0.1) is 10.2 Å². The standard InChI is InChI=1S/C11H6BrClFN3O/c12-10-6(2-1-3-7(10)14)11(18)15-9-5-4-8(13)16-17-9/h1-5H,(H,15,17,18). The molecule has 0 bridgehead atoms. The van der Waals surface area contributed by atoms with Crippen molar-refractivity contribution in [3.63, 3.8) is 0 Å². The minimum absolute atomic E-state index is 0.101. The van der Waals surface area contributed by atoms with Crippen molar-refractivity contribution in [3.8, 4) is 0 Å². The van der Waals surface area contributed by atoms with E-state index in [-0.39, 0.29) is 21.0 Å². The van der Waals surface area contributed by atoms with E-state index >= 15 is 0 Å². The maximum Gasteiger partial charge on any atom is 0.258 e. The first kappa shape index (κ1) is 12.9. The molecule has 0 aliphatic heterocycles. The molecule has 1 N–H and O–H groups in total. The summed E-state index contributed by atoms with van der Waals surface area (Å²) in [5.41, 5.74) is 0.173. The molecule has 1 aromatic heterocycles. The maximum absolute atomic E-state index is 13.3. The second-order valence-corrected chi connectivity index (χ2v) is 4.48. The Labute approximate surface area is 115 Å². The average molecular weight is 331 g/mol. The highest BCUT2D eigenvalue weighted by molar-refractivity contribution is 9.10. The third kappa shape index (κ3) is 2.83. The number of benzene rings is 1. The molecule has 0 atom stereocenters. The molecule has 0 saturated carbocycles. The normalized spacial score (nSPS) is 10.2. The largest absolute Gasteiger partial charge is 0.305 e. The predicted molar refractivity (Wildman–Crippen MR) is 69.1 cm³/mol. The van der Waals surface area contributed by atoms with Crippen molar-refractivity contribution >= 4 is 39.3 Å². The Morgan fingerprint density at radius 1 is 1.28 bits per heavy atom. The molecule has 0 fully saturated rings. The lowest BCUT2D eigenvalue weighted by atomic mass is 10.2. The number of carbonyl (C=O) groups excluding carboxylic acids is 1. The lowest BCUT2D eigenvalue weighted by Gasteiger charge is -2.06. The molecule has 0 spiro atoms. The highest BCUT2D eigenvalue weighted by Crippen LogP contribution is 2.21. The van der Waals surface area contributed by atoms with Crippen LogP contribution in [-0.2, 0) is 0 Å². The molecule has 0 saturated heterocycles. The van der Waals surface area contributed by atoms with Gasteiger partial charge in [-0.2, -0.15) is 0 Å². The topological polar surface area (TPSA) is 54.9 Å².